The van der Waals surface area contributed by atoms with Crippen LogP contribution in [0.4, 0.5) is 0 Å². The van der Waals surface area contributed by atoms with E-state index in [0.717, 1.165) is 101 Å². The topological polar surface area (TPSA) is 71.1 Å². The molecule has 0 fully saturated rings. The SMILES string of the molecule is CCCCC(CC)COc1cc(C[P+](=O)OCC(CC)CCCC)c(OCC(CC)CCCC)cc1C[P+](=O)OCC(CC)CCCC. The largest absolute Gasteiger partial charge is 0.513 e. The van der Waals surface area contributed by atoms with E-state index in [-0.39, 0.29) is 12.3 Å². The molecule has 0 radical (unpaired) electrons. The minimum Gasteiger partial charge on any atom is -0.493 e. The minimum atomic E-state index is -1.93. The number of benzene rings is 1. The highest BCUT2D eigenvalue weighted by Crippen LogP contribution is 2.41. The fourth-order valence-electron chi connectivity index (χ4n) is 5.91. The lowest BCUT2D eigenvalue weighted by Crippen LogP contribution is -2.14. The Balaban J connectivity index is 3.39. The van der Waals surface area contributed by atoms with Gasteiger partial charge in [-0.2, -0.15) is 0 Å². The van der Waals surface area contributed by atoms with Crippen LogP contribution in [-0.4, -0.2) is 26.4 Å². The average molecular weight is 713 g/mol. The number of rotatable bonds is 32. The lowest BCUT2D eigenvalue weighted by atomic mass is 10.0. The standard InChI is InChI=1S/C40H74O6P2/c1-9-17-21-33(13-5)27-43-39-25-38(32-48(42)46-30-36(16-8)24-20-12-4)40(44-28-34(14-6)22-18-10-2)26-37(39)31-47(41)45-29-35(15-7)23-19-11-3/h25-26,33-36H,9-24,27-32H2,1-8H3/q+2. The summed E-state index contributed by atoms with van der Waals surface area (Å²) in [5.41, 5.74) is 1.68. The molecule has 1 rings (SSSR count). The van der Waals surface area contributed by atoms with E-state index < -0.39 is 16.1 Å². The Bertz CT molecular complexity index is 909. The Hall–Kier alpha value is -1.06. The molecular formula is C40H74O6P2+2. The fraction of sp³-hybridized carbons (Fsp3) is 0.850. The maximum absolute atomic E-state index is 13.4. The Morgan fingerprint density at radius 1 is 0.479 bits per heavy atom. The molecule has 0 amide bonds. The molecule has 0 aliphatic carbocycles. The van der Waals surface area contributed by atoms with Crippen LogP contribution in [0.1, 0.15) is 169 Å². The van der Waals surface area contributed by atoms with Gasteiger partial charge in [0.15, 0.2) is 0 Å². The quantitative estimate of drug-likeness (QED) is 0.0693. The van der Waals surface area contributed by atoms with Crippen LogP contribution in [0.25, 0.3) is 0 Å². The third-order valence-corrected chi connectivity index (χ3v) is 11.9. The molecule has 0 bridgehead atoms. The van der Waals surface area contributed by atoms with Gasteiger partial charge in [0.05, 0.1) is 13.2 Å². The van der Waals surface area contributed by atoms with E-state index in [2.05, 4.69) is 55.4 Å². The normalized spacial score (nSPS) is 14.8. The average Bonchev–Trinajstić information content (AvgIpc) is 3.09. The van der Waals surface area contributed by atoms with Crippen LogP contribution in [0.15, 0.2) is 12.1 Å². The summed E-state index contributed by atoms with van der Waals surface area (Å²) in [7, 11) is -3.85. The van der Waals surface area contributed by atoms with Crippen molar-refractivity contribution in [1.82, 2.24) is 0 Å². The van der Waals surface area contributed by atoms with Gasteiger partial charge in [-0.15, -0.1) is 9.05 Å². The number of hydrogen-bond donors (Lipinski definition) is 0. The Kier molecular flexibility index (Phi) is 26.8. The second-order valence-corrected chi connectivity index (χ2v) is 16.4. The summed E-state index contributed by atoms with van der Waals surface area (Å²) in [5.74, 6) is 3.14. The van der Waals surface area contributed by atoms with Gasteiger partial charge in [-0.25, -0.2) is 0 Å². The summed E-state index contributed by atoms with van der Waals surface area (Å²) < 4.78 is 51.9. The van der Waals surface area contributed by atoms with Gasteiger partial charge in [0, 0.05) is 11.1 Å². The molecule has 8 heteroatoms. The van der Waals surface area contributed by atoms with Crippen LogP contribution in [0.5, 0.6) is 11.5 Å². The molecule has 0 N–H and O–H groups in total. The lowest BCUT2D eigenvalue weighted by molar-refractivity contribution is 0.224. The summed E-state index contributed by atoms with van der Waals surface area (Å²) >= 11 is 0. The summed E-state index contributed by atoms with van der Waals surface area (Å²) in [5, 5.41) is 0. The van der Waals surface area contributed by atoms with Crippen molar-refractivity contribution in [1.29, 1.82) is 0 Å². The first-order valence-corrected chi connectivity index (χ1v) is 22.6. The maximum atomic E-state index is 13.4. The van der Waals surface area contributed by atoms with Gasteiger partial charge in [0.2, 0.25) is 12.3 Å². The molecule has 0 aromatic heterocycles. The predicted molar refractivity (Wildman–Crippen MR) is 205 cm³/mol. The van der Waals surface area contributed by atoms with E-state index in [1.54, 1.807) is 0 Å². The first-order valence-electron chi connectivity index (χ1n) is 19.8. The van der Waals surface area contributed by atoms with Crippen LogP contribution >= 0.6 is 16.1 Å². The summed E-state index contributed by atoms with van der Waals surface area (Å²) in [4.78, 5) is 0. The van der Waals surface area contributed by atoms with Crippen molar-refractivity contribution >= 4 is 16.1 Å². The Morgan fingerprint density at radius 3 is 1.04 bits per heavy atom. The third kappa shape index (κ3) is 19.4. The molecule has 6 nitrogen and oxygen atoms in total. The minimum absolute atomic E-state index is 0.266. The first-order chi connectivity index (χ1) is 23.3. The van der Waals surface area contributed by atoms with Gasteiger partial charge in [0.25, 0.3) is 0 Å². The highest BCUT2D eigenvalue weighted by atomic mass is 31.1. The summed E-state index contributed by atoms with van der Waals surface area (Å²) in [6.45, 7) is 19.9. The zero-order valence-corrected chi connectivity index (χ0v) is 34.2. The van der Waals surface area contributed by atoms with E-state index in [1.807, 2.05) is 12.1 Å². The van der Waals surface area contributed by atoms with Gasteiger partial charge in [-0.1, -0.05) is 132 Å². The molecule has 0 spiro atoms. The smallest absolute Gasteiger partial charge is 0.493 e. The van der Waals surface area contributed by atoms with E-state index in [9.17, 15) is 9.13 Å². The molecule has 0 heterocycles. The molecule has 6 unspecified atom stereocenters. The van der Waals surface area contributed by atoms with Crippen molar-refractivity contribution in [2.24, 2.45) is 23.7 Å². The molecular weight excluding hydrogens is 638 g/mol. The lowest BCUT2D eigenvalue weighted by Gasteiger charge is -2.20. The molecule has 48 heavy (non-hydrogen) atoms. The van der Waals surface area contributed by atoms with Gasteiger partial charge in [0.1, 0.15) is 24.7 Å². The van der Waals surface area contributed by atoms with Crippen LogP contribution in [-0.2, 0) is 30.5 Å². The summed E-state index contributed by atoms with van der Waals surface area (Å²) in [6.07, 6.45) is 18.4. The van der Waals surface area contributed by atoms with Crippen molar-refractivity contribution in [2.75, 3.05) is 26.4 Å². The fourth-order valence-corrected chi connectivity index (χ4v) is 7.90. The molecule has 0 aliphatic rings. The van der Waals surface area contributed by atoms with Gasteiger partial charge >= 0.3 is 16.1 Å². The maximum Gasteiger partial charge on any atom is 0.513 e. The molecule has 0 aliphatic heterocycles. The van der Waals surface area contributed by atoms with E-state index in [1.165, 1.54) is 12.8 Å². The highest BCUT2D eigenvalue weighted by molar-refractivity contribution is 7.38. The van der Waals surface area contributed by atoms with E-state index in [0.29, 0.717) is 61.6 Å². The second kappa shape index (κ2) is 28.6. The van der Waals surface area contributed by atoms with E-state index in [4.69, 9.17) is 18.5 Å². The second-order valence-electron chi connectivity index (χ2n) is 13.9. The van der Waals surface area contributed by atoms with Crippen LogP contribution in [0.3, 0.4) is 0 Å². The molecule has 6 atom stereocenters. The van der Waals surface area contributed by atoms with Crippen molar-refractivity contribution in [2.45, 2.75) is 170 Å². The van der Waals surface area contributed by atoms with Crippen LogP contribution in [0.2, 0.25) is 0 Å². The summed E-state index contributed by atoms with van der Waals surface area (Å²) in [6, 6.07) is 3.99. The van der Waals surface area contributed by atoms with Gasteiger partial charge < -0.3 is 9.47 Å². The highest BCUT2D eigenvalue weighted by Gasteiger charge is 2.29. The Morgan fingerprint density at radius 2 is 0.771 bits per heavy atom. The third-order valence-electron chi connectivity index (χ3n) is 9.87. The monoisotopic (exact) mass is 712 g/mol. The molecule has 0 saturated carbocycles. The predicted octanol–water partition coefficient (Wildman–Crippen LogP) is 13.8. The molecule has 0 saturated heterocycles. The molecule has 1 aromatic rings. The van der Waals surface area contributed by atoms with Crippen molar-refractivity contribution in [3.63, 3.8) is 0 Å². The molecule has 1 aromatic carbocycles. The zero-order chi connectivity index (χ0) is 35.6. The van der Waals surface area contributed by atoms with Crippen molar-refractivity contribution in [3.05, 3.63) is 23.3 Å². The number of unbranched alkanes of at least 4 members (excludes halogenated alkanes) is 4. The molecule has 278 valence electrons. The van der Waals surface area contributed by atoms with Crippen molar-refractivity contribution in [3.8, 4) is 11.5 Å². The van der Waals surface area contributed by atoms with Crippen LogP contribution < -0.4 is 9.47 Å². The van der Waals surface area contributed by atoms with E-state index >= 15 is 0 Å². The first kappa shape index (κ1) is 45.0. The van der Waals surface area contributed by atoms with Crippen LogP contribution in [0, 0.1) is 23.7 Å². The Labute approximate surface area is 298 Å². The number of ether oxygens (including phenoxy) is 2. The van der Waals surface area contributed by atoms with Gasteiger partial charge in [-0.3, -0.25) is 0 Å². The van der Waals surface area contributed by atoms with Crippen molar-refractivity contribution < 1.29 is 27.7 Å². The number of hydrogen-bond acceptors (Lipinski definition) is 6. The van der Waals surface area contributed by atoms with Gasteiger partial charge in [-0.05, 0) is 70.6 Å². The zero-order valence-electron chi connectivity index (χ0n) is 32.4.